The van der Waals surface area contributed by atoms with Gasteiger partial charge in [0.05, 0.1) is 6.54 Å². The molecule has 1 aromatic carbocycles. The number of hydrogen-bond donors (Lipinski definition) is 0. The molecule has 1 aromatic rings. The first-order valence-electron chi connectivity index (χ1n) is 7.66. The first-order valence-corrected chi connectivity index (χ1v) is 7.66. The van der Waals surface area contributed by atoms with Gasteiger partial charge in [-0.3, -0.25) is 9.69 Å². The van der Waals surface area contributed by atoms with Crippen molar-refractivity contribution in [3.8, 4) is 0 Å². The lowest BCUT2D eigenvalue weighted by Crippen LogP contribution is -2.46. The molecule has 0 spiro atoms. The molecule has 2 rings (SSSR count). The van der Waals surface area contributed by atoms with Crippen LogP contribution in [0.4, 0.5) is 5.69 Å². The predicted molar refractivity (Wildman–Crippen MR) is 84.3 cm³/mol. The molecule has 1 fully saturated rings. The number of piperidine rings is 1. The molecule has 114 valence electrons. The molecule has 0 radical (unpaired) electrons. The summed E-state index contributed by atoms with van der Waals surface area (Å²) in [6.07, 6.45) is 2.96. The molecule has 4 nitrogen and oxygen atoms in total. The third-order valence-corrected chi connectivity index (χ3v) is 3.91. The van der Waals surface area contributed by atoms with Crippen molar-refractivity contribution >= 4 is 17.9 Å². The van der Waals surface area contributed by atoms with E-state index in [9.17, 15) is 9.59 Å². The first-order chi connectivity index (χ1) is 10.1. The zero-order valence-electron chi connectivity index (χ0n) is 12.9. The maximum atomic E-state index is 12.6. The van der Waals surface area contributed by atoms with E-state index < -0.39 is 0 Å². The predicted octanol–water partition coefficient (Wildman–Crippen LogP) is 2.34. The van der Waals surface area contributed by atoms with E-state index in [0.717, 1.165) is 31.4 Å². The summed E-state index contributed by atoms with van der Waals surface area (Å²) in [6, 6.07) is 9.88. The summed E-state index contributed by atoms with van der Waals surface area (Å²) in [5, 5.41) is 0. The van der Waals surface area contributed by atoms with Crippen molar-refractivity contribution in [2.75, 3.05) is 24.5 Å². The van der Waals surface area contributed by atoms with Crippen molar-refractivity contribution < 1.29 is 9.59 Å². The van der Waals surface area contributed by atoms with Crippen LogP contribution in [-0.4, -0.2) is 42.8 Å². The molecule has 0 aliphatic carbocycles. The topological polar surface area (TPSA) is 40.6 Å². The van der Waals surface area contributed by atoms with E-state index >= 15 is 0 Å². The molecule has 0 aromatic heterocycles. The van der Waals surface area contributed by atoms with Crippen molar-refractivity contribution in [3.63, 3.8) is 0 Å². The number of nitrogens with zero attached hydrogens (tertiary/aromatic N) is 2. The quantitative estimate of drug-likeness (QED) is 0.781. The molecule has 0 bridgehead atoms. The van der Waals surface area contributed by atoms with Crippen LogP contribution < -0.4 is 4.90 Å². The second-order valence-corrected chi connectivity index (χ2v) is 5.97. The van der Waals surface area contributed by atoms with Crippen LogP contribution in [0.3, 0.4) is 0 Å². The summed E-state index contributed by atoms with van der Waals surface area (Å²) in [7, 11) is 0. The Morgan fingerprint density at radius 2 is 2.10 bits per heavy atom. The van der Waals surface area contributed by atoms with Gasteiger partial charge in [-0.05, 0) is 45.4 Å². The van der Waals surface area contributed by atoms with Crippen LogP contribution in [-0.2, 0) is 9.59 Å². The number of anilines is 1. The van der Waals surface area contributed by atoms with Gasteiger partial charge in [-0.25, -0.2) is 0 Å². The van der Waals surface area contributed by atoms with Gasteiger partial charge < -0.3 is 9.69 Å². The van der Waals surface area contributed by atoms with E-state index in [1.54, 1.807) is 0 Å². The third-order valence-electron chi connectivity index (χ3n) is 3.91. The van der Waals surface area contributed by atoms with E-state index in [1.807, 2.05) is 49.1 Å². The third kappa shape index (κ3) is 4.14. The van der Waals surface area contributed by atoms with Gasteiger partial charge in [0, 0.05) is 24.2 Å². The number of carbonyl (C=O) groups excluding carboxylic acids is 2. The summed E-state index contributed by atoms with van der Waals surface area (Å²) < 4.78 is 0. The highest BCUT2D eigenvalue weighted by Crippen LogP contribution is 2.19. The molecule has 1 atom stereocenters. The zero-order chi connectivity index (χ0) is 15.2. The van der Waals surface area contributed by atoms with Crippen molar-refractivity contribution in [3.05, 3.63) is 30.3 Å². The Bertz CT molecular complexity index is 473. The number of likely N-dealkylation sites (tertiary alicyclic amines) is 1. The number of amides is 1. The van der Waals surface area contributed by atoms with Gasteiger partial charge in [-0.15, -0.1) is 0 Å². The normalized spacial score (nSPS) is 19.5. The number of para-hydroxylation sites is 1. The van der Waals surface area contributed by atoms with Gasteiger partial charge in [0.2, 0.25) is 5.91 Å². The summed E-state index contributed by atoms with van der Waals surface area (Å²) >= 11 is 0. The smallest absolute Gasteiger partial charge is 0.241 e. The minimum absolute atomic E-state index is 0.0794. The minimum Gasteiger partial charge on any atom is -0.309 e. The van der Waals surface area contributed by atoms with Crippen LogP contribution in [0.1, 0.15) is 26.7 Å². The maximum Gasteiger partial charge on any atom is 0.241 e. The summed E-state index contributed by atoms with van der Waals surface area (Å²) in [4.78, 5) is 27.5. The van der Waals surface area contributed by atoms with Gasteiger partial charge in [0.15, 0.2) is 0 Å². The Balaban J connectivity index is 2.04. The highest BCUT2D eigenvalue weighted by atomic mass is 16.2. The van der Waals surface area contributed by atoms with Crippen molar-refractivity contribution in [2.24, 2.45) is 5.92 Å². The SMILES string of the molecule is CC(C)N(C(=O)CN1CCCC(C=O)C1)c1ccccc1. The second-order valence-electron chi connectivity index (χ2n) is 5.97. The Morgan fingerprint density at radius 1 is 1.38 bits per heavy atom. The number of hydrogen-bond acceptors (Lipinski definition) is 3. The lowest BCUT2D eigenvalue weighted by atomic mass is 10.00. The van der Waals surface area contributed by atoms with Crippen LogP contribution >= 0.6 is 0 Å². The largest absolute Gasteiger partial charge is 0.309 e. The monoisotopic (exact) mass is 288 g/mol. The van der Waals surface area contributed by atoms with E-state index in [0.29, 0.717) is 13.1 Å². The fourth-order valence-electron chi connectivity index (χ4n) is 2.93. The lowest BCUT2D eigenvalue weighted by Gasteiger charge is -2.33. The van der Waals surface area contributed by atoms with E-state index in [4.69, 9.17) is 0 Å². The molecular formula is C17H24N2O2. The molecule has 0 N–H and O–H groups in total. The molecule has 21 heavy (non-hydrogen) atoms. The summed E-state index contributed by atoms with van der Waals surface area (Å²) in [5.41, 5.74) is 0.932. The molecule has 1 unspecified atom stereocenters. The number of aldehydes is 1. The van der Waals surface area contributed by atoms with Gasteiger partial charge in [0.1, 0.15) is 6.29 Å². The van der Waals surface area contributed by atoms with Crippen LogP contribution in [0.15, 0.2) is 30.3 Å². The minimum atomic E-state index is 0.0794. The molecule has 1 amide bonds. The zero-order valence-corrected chi connectivity index (χ0v) is 12.9. The average molecular weight is 288 g/mol. The van der Waals surface area contributed by atoms with Crippen LogP contribution in [0, 0.1) is 5.92 Å². The van der Waals surface area contributed by atoms with Gasteiger partial charge in [-0.1, -0.05) is 18.2 Å². The molecule has 1 aliphatic heterocycles. The van der Waals surface area contributed by atoms with Crippen molar-refractivity contribution in [2.45, 2.75) is 32.7 Å². The first kappa shape index (κ1) is 15.7. The van der Waals surface area contributed by atoms with Crippen molar-refractivity contribution in [1.29, 1.82) is 0 Å². The van der Waals surface area contributed by atoms with E-state index in [1.165, 1.54) is 0 Å². The second kappa shape index (κ2) is 7.36. The van der Waals surface area contributed by atoms with Gasteiger partial charge in [-0.2, -0.15) is 0 Å². The number of carbonyl (C=O) groups is 2. The van der Waals surface area contributed by atoms with Gasteiger partial charge >= 0.3 is 0 Å². The number of rotatable bonds is 5. The van der Waals surface area contributed by atoms with Crippen molar-refractivity contribution in [1.82, 2.24) is 4.90 Å². The Kier molecular flexibility index (Phi) is 5.51. The molecular weight excluding hydrogens is 264 g/mol. The molecule has 0 saturated carbocycles. The fourth-order valence-corrected chi connectivity index (χ4v) is 2.93. The van der Waals surface area contributed by atoms with Crippen LogP contribution in [0.2, 0.25) is 0 Å². The lowest BCUT2D eigenvalue weighted by molar-refractivity contribution is -0.121. The maximum absolute atomic E-state index is 12.6. The highest BCUT2D eigenvalue weighted by Gasteiger charge is 2.25. The van der Waals surface area contributed by atoms with Gasteiger partial charge in [0.25, 0.3) is 0 Å². The standard InChI is InChI=1S/C17H24N2O2/c1-14(2)19(16-8-4-3-5-9-16)17(21)12-18-10-6-7-15(11-18)13-20/h3-5,8-9,13-15H,6-7,10-12H2,1-2H3. The highest BCUT2D eigenvalue weighted by molar-refractivity contribution is 5.95. The Morgan fingerprint density at radius 3 is 2.71 bits per heavy atom. The Hall–Kier alpha value is -1.68. The molecule has 1 aliphatic rings. The summed E-state index contributed by atoms with van der Waals surface area (Å²) in [5.74, 6) is 0.179. The van der Waals surface area contributed by atoms with Crippen LogP contribution in [0.5, 0.6) is 0 Å². The molecule has 4 heteroatoms. The molecule has 1 heterocycles. The van der Waals surface area contributed by atoms with Crippen LogP contribution in [0.25, 0.3) is 0 Å². The Labute approximate surface area is 126 Å². The molecule has 1 saturated heterocycles. The van der Waals surface area contributed by atoms with E-state index in [2.05, 4.69) is 4.90 Å². The average Bonchev–Trinajstić information content (AvgIpc) is 2.48. The summed E-state index contributed by atoms with van der Waals surface area (Å²) in [6.45, 7) is 6.04. The fraction of sp³-hybridized carbons (Fsp3) is 0.529. The number of benzene rings is 1. The van der Waals surface area contributed by atoms with E-state index in [-0.39, 0.29) is 17.9 Å².